The zero-order valence-electron chi connectivity index (χ0n) is 8.14. The highest BCUT2D eigenvalue weighted by Gasteiger charge is 2.14. The van der Waals surface area contributed by atoms with Crippen LogP contribution in [0.15, 0.2) is 24.5 Å². The molecule has 0 aliphatic heterocycles. The molecule has 1 aromatic heterocycles. The Morgan fingerprint density at radius 1 is 1.57 bits per heavy atom. The Hall–Kier alpha value is -1.42. The molecule has 0 fully saturated rings. The van der Waals surface area contributed by atoms with E-state index in [0.29, 0.717) is 13.0 Å². The highest BCUT2D eigenvalue weighted by Crippen LogP contribution is 2.17. The van der Waals surface area contributed by atoms with Crippen LogP contribution in [0.3, 0.4) is 0 Å². The van der Waals surface area contributed by atoms with Crippen molar-refractivity contribution in [3.8, 4) is 0 Å². The highest BCUT2D eigenvalue weighted by atomic mass is 16.5. The molecule has 1 aromatic rings. The second-order valence-electron chi connectivity index (χ2n) is 2.99. The van der Waals surface area contributed by atoms with Gasteiger partial charge >= 0.3 is 5.97 Å². The Labute approximate surface area is 83.1 Å². The molecule has 14 heavy (non-hydrogen) atoms. The molecule has 4 heteroatoms. The van der Waals surface area contributed by atoms with Crippen LogP contribution in [0.1, 0.15) is 17.9 Å². The number of hydrogen-bond acceptors (Lipinski definition) is 4. The molecule has 0 spiro atoms. The molecule has 1 rings (SSSR count). The van der Waals surface area contributed by atoms with Crippen LogP contribution in [0.4, 0.5) is 0 Å². The van der Waals surface area contributed by atoms with Crippen molar-refractivity contribution < 1.29 is 9.53 Å². The average molecular weight is 194 g/mol. The molecule has 4 nitrogen and oxygen atoms in total. The summed E-state index contributed by atoms with van der Waals surface area (Å²) in [4.78, 5) is 15.0. The summed E-state index contributed by atoms with van der Waals surface area (Å²) in [7, 11) is 1.38. The molecular weight excluding hydrogens is 180 g/mol. The third kappa shape index (κ3) is 2.81. The molecule has 0 aliphatic rings. The molecular formula is C10H14N2O2. The molecule has 0 amide bonds. The third-order valence-electron chi connectivity index (χ3n) is 2.10. The number of esters is 1. The van der Waals surface area contributed by atoms with Gasteiger partial charge in [-0.05, 0) is 24.2 Å². The van der Waals surface area contributed by atoms with Gasteiger partial charge in [0.05, 0.1) is 13.5 Å². The van der Waals surface area contributed by atoms with Gasteiger partial charge in [-0.3, -0.25) is 9.78 Å². The second kappa shape index (κ2) is 5.34. The normalized spacial score (nSPS) is 12.1. The van der Waals surface area contributed by atoms with Crippen LogP contribution in [-0.2, 0) is 9.53 Å². The Morgan fingerprint density at radius 3 is 2.71 bits per heavy atom. The molecule has 0 saturated heterocycles. The number of carbonyl (C=O) groups excluding carboxylic acids is 1. The van der Waals surface area contributed by atoms with E-state index in [1.54, 1.807) is 12.4 Å². The highest BCUT2D eigenvalue weighted by molar-refractivity contribution is 5.70. The predicted octanol–water partition coefficient (Wildman–Crippen LogP) is 0.687. The Bertz CT molecular complexity index is 287. The standard InChI is InChI=1S/C10H14N2O2/c1-14-10(13)6-9(7-11)8-2-4-12-5-3-8/h2-5,9H,6-7,11H2,1H3. The average Bonchev–Trinajstić information content (AvgIpc) is 2.26. The van der Waals surface area contributed by atoms with Crippen molar-refractivity contribution in [2.45, 2.75) is 12.3 Å². The van der Waals surface area contributed by atoms with Gasteiger partial charge in [0.15, 0.2) is 0 Å². The number of aromatic nitrogens is 1. The lowest BCUT2D eigenvalue weighted by atomic mass is 9.97. The van der Waals surface area contributed by atoms with Crippen LogP contribution < -0.4 is 5.73 Å². The van der Waals surface area contributed by atoms with E-state index in [0.717, 1.165) is 5.56 Å². The van der Waals surface area contributed by atoms with Gasteiger partial charge in [-0.1, -0.05) is 0 Å². The summed E-state index contributed by atoms with van der Waals surface area (Å²) in [5.41, 5.74) is 6.60. The fourth-order valence-corrected chi connectivity index (χ4v) is 1.26. The van der Waals surface area contributed by atoms with Gasteiger partial charge < -0.3 is 10.5 Å². The quantitative estimate of drug-likeness (QED) is 0.716. The summed E-state index contributed by atoms with van der Waals surface area (Å²) in [6.45, 7) is 0.430. The fourth-order valence-electron chi connectivity index (χ4n) is 1.26. The molecule has 76 valence electrons. The second-order valence-corrected chi connectivity index (χ2v) is 2.99. The van der Waals surface area contributed by atoms with Crippen LogP contribution in [0.25, 0.3) is 0 Å². The van der Waals surface area contributed by atoms with Gasteiger partial charge in [0.2, 0.25) is 0 Å². The lowest BCUT2D eigenvalue weighted by Crippen LogP contribution is -2.17. The van der Waals surface area contributed by atoms with Crippen LogP contribution in [0, 0.1) is 0 Å². The van der Waals surface area contributed by atoms with Crippen LogP contribution in [0.5, 0.6) is 0 Å². The molecule has 1 unspecified atom stereocenters. The Morgan fingerprint density at radius 2 is 2.21 bits per heavy atom. The maximum absolute atomic E-state index is 11.1. The largest absolute Gasteiger partial charge is 0.469 e. The molecule has 0 bridgehead atoms. The third-order valence-corrected chi connectivity index (χ3v) is 2.10. The van der Waals surface area contributed by atoms with Crippen LogP contribution in [-0.4, -0.2) is 24.6 Å². The number of ether oxygens (including phenoxy) is 1. The van der Waals surface area contributed by atoms with Crippen molar-refractivity contribution in [3.63, 3.8) is 0 Å². The van der Waals surface area contributed by atoms with E-state index in [9.17, 15) is 4.79 Å². The molecule has 0 saturated carbocycles. The lowest BCUT2D eigenvalue weighted by molar-refractivity contribution is -0.141. The molecule has 0 aliphatic carbocycles. The van der Waals surface area contributed by atoms with Gasteiger partial charge in [0, 0.05) is 18.3 Å². The predicted molar refractivity (Wildman–Crippen MR) is 52.7 cm³/mol. The van der Waals surface area contributed by atoms with Gasteiger partial charge in [-0.2, -0.15) is 0 Å². The van der Waals surface area contributed by atoms with Crippen molar-refractivity contribution in [2.75, 3.05) is 13.7 Å². The fraction of sp³-hybridized carbons (Fsp3) is 0.400. The molecule has 1 atom stereocenters. The van der Waals surface area contributed by atoms with Crippen molar-refractivity contribution in [1.29, 1.82) is 0 Å². The zero-order valence-corrected chi connectivity index (χ0v) is 8.14. The van der Waals surface area contributed by atoms with Gasteiger partial charge in [0.25, 0.3) is 0 Å². The van der Waals surface area contributed by atoms with E-state index in [4.69, 9.17) is 5.73 Å². The first-order valence-electron chi connectivity index (χ1n) is 4.44. The van der Waals surface area contributed by atoms with Gasteiger partial charge in [-0.15, -0.1) is 0 Å². The Balaban J connectivity index is 2.68. The van der Waals surface area contributed by atoms with Crippen molar-refractivity contribution in [1.82, 2.24) is 4.98 Å². The summed E-state index contributed by atoms with van der Waals surface area (Å²) in [5, 5.41) is 0. The summed E-state index contributed by atoms with van der Waals surface area (Å²) in [6, 6.07) is 3.72. The van der Waals surface area contributed by atoms with Gasteiger partial charge in [-0.25, -0.2) is 0 Å². The van der Waals surface area contributed by atoms with Crippen LogP contribution >= 0.6 is 0 Å². The first kappa shape index (κ1) is 10.7. The SMILES string of the molecule is COC(=O)CC(CN)c1ccncc1. The summed E-state index contributed by atoms with van der Waals surface area (Å²) in [6.07, 6.45) is 3.70. The first-order chi connectivity index (χ1) is 6.77. The molecule has 2 N–H and O–H groups in total. The number of hydrogen-bond donors (Lipinski definition) is 1. The zero-order chi connectivity index (χ0) is 10.4. The topological polar surface area (TPSA) is 65.2 Å². The smallest absolute Gasteiger partial charge is 0.306 e. The Kier molecular flexibility index (Phi) is 4.07. The maximum atomic E-state index is 11.1. The van der Waals surface area contributed by atoms with E-state index in [2.05, 4.69) is 9.72 Å². The number of methoxy groups -OCH3 is 1. The van der Waals surface area contributed by atoms with E-state index in [-0.39, 0.29) is 11.9 Å². The van der Waals surface area contributed by atoms with Crippen molar-refractivity contribution in [3.05, 3.63) is 30.1 Å². The minimum atomic E-state index is -0.239. The summed E-state index contributed by atoms with van der Waals surface area (Å²) >= 11 is 0. The monoisotopic (exact) mass is 194 g/mol. The van der Waals surface area contributed by atoms with E-state index >= 15 is 0 Å². The molecule has 0 aromatic carbocycles. The number of nitrogens with two attached hydrogens (primary N) is 1. The summed E-state index contributed by atoms with van der Waals surface area (Å²) in [5.74, 6) is -0.220. The van der Waals surface area contributed by atoms with E-state index in [1.807, 2.05) is 12.1 Å². The van der Waals surface area contributed by atoms with Crippen LogP contribution in [0.2, 0.25) is 0 Å². The number of nitrogens with zero attached hydrogens (tertiary/aromatic N) is 1. The summed E-state index contributed by atoms with van der Waals surface area (Å²) < 4.78 is 4.59. The van der Waals surface area contributed by atoms with Crippen molar-refractivity contribution >= 4 is 5.97 Å². The van der Waals surface area contributed by atoms with E-state index in [1.165, 1.54) is 7.11 Å². The van der Waals surface area contributed by atoms with Crippen molar-refractivity contribution in [2.24, 2.45) is 5.73 Å². The van der Waals surface area contributed by atoms with Gasteiger partial charge in [0.1, 0.15) is 0 Å². The minimum Gasteiger partial charge on any atom is -0.469 e. The number of rotatable bonds is 4. The maximum Gasteiger partial charge on any atom is 0.306 e. The molecule has 1 heterocycles. The van der Waals surface area contributed by atoms with E-state index < -0.39 is 0 Å². The lowest BCUT2D eigenvalue weighted by Gasteiger charge is -2.12. The number of carbonyl (C=O) groups is 1. The number of pyridine rings is 1. The molecule has 0 radical (unpaired) electrons. The first-order valence-corrected chi connectivity index (χ1v) is 4.44. The minimum absolute atomic E-state index is 0.0189.